The molecule has 6 rings (SSSR count). The van der Waals surface area contributed by atoms with E-state index >= 15 is 0 Å². The Balaban J connectivity index is 1.30. The van der Waals surface area contributed by atoms with Crippen molar-refractivity contribution in [3.05, 3.63) is 83.2 Å². The maximum atomic E-state index is 13.6. The molecule has 0 saturated heterocycles. The summed E-state index contributed by atoms with van der Waals surface area (Å²) >= 11 is 0. The van der Waals surface area contributed by atoms with Crippen LogP contribution >= 0.6 is 0 Å². The molecule has 1 aliphatic heterocycles. The van der Waals surface area contributed by atoms with E-state index in [1.165, 1.54) is 16.6 Å². The van der Waals surface area contributed by atoms with Crippen molar-refractivity contribution in [2.45, 2.75) is 25.7 Å². The smallest absolute Gasteiger partial charge is 0.417 e. The molecule has 37 heavy (non-hydrogen) atoms. The van der Waals surface area contributed by atoms with E-state index in [1.54, 1.807) is 19.2 Å². The molecule has 5 aromatic rings. The summed E-state index contributed by atoms with van der Waals surface area (Å²) in [5, 5.41) is 5.36. The lowest BCUT2D eigenvalue weighted by atomic mass is 9.92. The highest BCUT2D eigenvalue weighted by atomic mass is 19.4. The van der Waals surface area contributed by atoms with Gasteiger partial charge in [0.2, 0.25) is 5.95 Å². The van der Waals surface area contributed by atoms with Crippen LogP contribution in [0.5, 0.6) is 5.75 Å². The average molecular weight is 505 g/mol. The van der Waals surface area contributed by atoms with E-state index in [-0.39, 0.29) is 11.5 Å². The topological polar surface area (TPSA) is 81.6 Å². The first-order valence-corrected chi connectivity index (χ1v) is 11.8. The SMILES string of the molecule is COc1cccc2c1nc(N)n1nc(CN3CCc4ccc(-c5ccccc5C(F)(F)F)cc4C3)nc21. The third-order valence-corrected chi connectivity index (χ3v) is 6.76. The molecule has 3 heterocycles. The fourth-order valence-electron chi connectivity index (χ4n) is 5.00. The van der Waals surface area contributed by atoms with Gasteiger partial charge in [-0.2, -0.15) is 17.7 Å². The Hall–Kier alpha value is -4.18. The van der Waals surface area contributed by atoms with Crippen LogP contribution in [0, 0.1) is 0 Å². The van der Waals surface area contributed by atoms with Crippen molar-refractivity contribution in [1.29, 1.82) is 0 Å². The van der Waals surface area contributed by atoms with E-state index in [9.17, 15) is 13.2 Å². The number of aromatic nitrogens is 4. The van der Waals surface area contributed by atoms with Crippen LogP contribution in [0.4, 0.5) is 19.1 Å². The Kier molecular flexibility index (Phi) is 5.49. The van der Waals surface area contributed by atoms with Crippen LogP contribution < -0.4 is 10.5 Å². The summed E-state index contributed by atoms with van der Waals surface area (Å²) in [5.41, 5.74) is 9.63. The monoisotopic (exact) mass is 504 g/mol. The zero-order valence-corrected chi connectivity index (χ0v) is 20.0. The predicted molar refractivity (Wildman–Crippen MR) is 134 cm³/mol. The predicted octanol–water partition coefficient (Wildman–Crippen LogP) is 5.11. The highest BCUT2D eigenvalue weighted by molar-refractivity contribution is 5.95. The van der Waals surface area contributed by atoms with Gasteiger partial charge in [0.1, 0.15) is 11.3 Å². The number of benzene rings is 3. The molecule has 188 valence electrons. The van der Waals surface area contributed by atoms with Crippen LogP contribution in [0.2, 0.25) is 0 Å². The van der Waals surface area contributed by atoms with Crippen LogP contribution in [-0.4, -0.2) is 38.1 Å². The van der Waals surface area contributed by atoms with Gasteiger partial charge in [-0.25, -0.2) is 9.97 Å². The van der Waals surface area contributed by atoms with Gasteiger partial charge in [-0.15, -0.1) is 5.10 Å². The molecular formula is C27H23F3N6O. The number of fused-ring (bicyclic) bond motifs is 4. The van der Waals surface area contributed by atoms with Gasteiger partial charge in [0.15, 0.2) is 11.5 Å². The first-order valence-electron chi connectivity index (χ1n) is 11.8. The van der Waals surface area contributed by atoms with Gasteiger partial charge in [-0.05, 0) is 52.9 Å². The van der Waals surface area contributed by atoms with Crippen LogP contribution in [0.1, 0.15) is 22.5 Å². The van der Waals surface area contributed by atoms with Crippen molar-refractivity contribution in [3.63, 3.8) is 0 Å². The first-order chi connectivity index (χ1) is 17.8. The Morgan fingerprint density at radius 3 is 2.65 bits per heavy atom. The molecule has 2 N–H and O–H groups in total. The summed E-state index contributed by atoms with van der Waals surface area (Å²) in [4.78, 5) is 11.4. The van der Waals surface area contributed by atoms with Gasteiger partial charge >= 0.3 is 6.18 Å². The lowest BCUT2D eigenvalue weighted by molar-refractivity contribution is -0.137. The maximum Gasteiger partial charge on any atom is 0.417 e. The third-order valence-electron chi connectivity index (χ3n) is 6.76. The molecule has 2 aromatic heterocycles. The molecule has 0 aliphatic carbocycles. The number of hydrogen-bond donors (Lipinski definition) is 1. The number of nitrogens with two attached hydrogens (primary N) is 1. The number of hydrogen-bond acceptors (Lipinski definition) is 6. The number of methoxy groups -OCH3 is 1. The van der Waals surface area contributed by atoms with Crippen molar-refractivity contribution in [2.75, 3.05) is 19.4 Å². The Morgan fingerprint density at radius 2 is 1.84 bits per heavy atom. The Labute approximate surface area is 210 Å². The molecule has 0 radical (unpaired) electrons. The molecule has 7 nitrogen and oxygen atoms in total. The first kappa shape index (κ1) is 23.2. The molecule has 0 spiro atoms. The van der Waals surface area contributed by atoms with Gasteiger partial charge in [0, 0.05) is 18.5 Å². The molecule has 3 aromatic carbocycles. The molecule has 0 atom stereocenters. The molecule has 0 bridgehead atoms. The highest BCUT2D eigenvalue weighted by Crippen LogP contribution is 2.38. The molecule has 0 unspecified atom stereocenters. The molecule has 0 saturated carbocycles. The summed E-state index contributed by atoms with van der Waals surface area (Å²) in [6.45, 7) is 1.83. The number of rotatable bonds is 4. The second-order valence-electron chi connectivity index (χ2n) is 9.08. The fourth-order valence-corrected chi connectivity index (χ4v) is 5.00. The molecule has 1 aliphatic rings. The summed E-state index contributed by atoms with van der Waals surface area (Å²) < 4.78 is 47.7. The minimum Gasteiger partial charge on any atom is -0.494 e. The summed E-state index contributed by atoms with van der Waals surface area (Å²) in [6.07, 6.45) is -3.63. The Bertz CT molecular complexity index is 1650. The zero-order chi connectivity index (χ0) is 25.7. The average Bonchev–Trinajstić information content (AvgIpc) is 3.32. The summed E-state index contributed by atoms with van der Waals surface area (Å²) in [5.74, 6) is 1.40. The normalized spacial score (nSPS) is 14.3. The van der Waals surface area contributed by atoms with Crippen LogP contribution in [0.25, 0.3) is 27.7 Å². The molecule has 0 fully saturated rings. The second kappa shape index (κ2) is 8.74. The van der Waals surface area contributed by atoms with E-state index in [0.29, 0.717) is 41.4 Å². The summed E-state index contributed by atoms with van der Waals surface area (Å²) in [7, 11) is 1.58. The highest BCUT2D eigenvalue weighted by Gasteiger charge is 2.33. The number of nitrogen functional groups attached to an aromatic ring is 1. The lowest BCUT2D eigenvalue weighted by Crippen LogP contribution is -2.30. The minimum atomic E-state index is -4.42. The number of anilines is 1. The number of ether oxygens (including phenoxy) is 1. The van der Waals surface area contributed by atoms with Gasteiger partial charge in [-0.1, -0.05) is 36.4 Å². The molecule has 10 heteroatoms. The standard InChI is InChI=1S/C27H23F3N6O/c1-37-22-8-4-6-20-24(22)33-26(31)36-25(20)32-23(34-36)15-35-12-11-16-9-10-17(13-18(16)14-35)19-5-2-3-7-21(19)27(28,29)30/h2-10,13H,11-12,14-15H2,1H3,(H2,31,33). The minimum absolute atomic E-state index is 0.183. The summed E-state index contributed by atoms with van der Waals surface area (Å²) in [6, 6.07) is 16.8. The largest absolute Gasteiger partial charge is 0.494 e. The van der Waals surface area contributed by atoms with Crippen LogP contribution in [0.15, 0.2) is 60.7 Å². The lowest BCUT2D eigenvalue weighted by Gasteiger charge is -2.28. The second-order valence-corrected chi connectivity index (χ2v) is 9.08. The number of halogens is 3. The van der Waals surface area contributed by atoms with Crippen molar-refractivity contribution < 1.29 is 17.9 Å². The van der Waals surface area contributed by atoms with Gasteiger partial charge in [0.05, 0.1) is 19.2 Å². The van der Waals surface area contributed by atoms with Crippen LogP contribution in [-0.2, 0) is 25.7 Å². The van der Waals surface area contributed by atoms with Crippen molar-refractivity contribution in [2.24, 2.45) is 0 Å². The van der Waals surface area contributed by atoms with E-state index in [4.69, 9.17) is 15.5 Å². The van der Waals surface area contributed by atoms with E-state index in [0.717, 1.165) is 35.5 Å². The maximum absolute atomic E-state index is 13.6. The van der Waals surface area contributed by atoms with Gasteiger partial charge < -0.3 is 10.5 Å². The fraction of sp³-hybridized carbons (Fsp3) is 0.222. The van der Waals surface area contributed by atoms with Gasteiger partial charge in [-0.3, -0.25) is 4.90 Å². The van der Waals surface area contributed by atoms with E-state index in [2.05, 4.69) is 15.0 Å². The quantitative estimate of drug-likeness (QED) is 0.366. The number of alkyl halides is 3. The van der Waals surface area contributed by atoms with Crippen molar-refractivity contribution in [3.8, 4) is 16.9 Å². The van der Waals surface area contributed by atoms with Gasteiger partial charge in [0.25, 0.3) is 0 Å². The van der Waals surface area contributed by atoms with Crippen molar-refractivity contribution in [1.82, 2.24) is 24.5 Å². The molecular weight excluding hydrogens is 481 g/mol. The van der Waals surface area contributed by atoms with E-state index < -0.39 is 11.7 Å². The van der Waals surface area contributed by atoms with Crippen LogP contribution in [0.3, 0.4) is 0 Å². The van der Waals surface area contributed by atoms with Crippen molar-refractivity contribution >= 4 is 22.5 Å². The number of para-hydroxylation sites is 1. The third kappa shape index (κ3) is 4.13. The zero-order valence-electron chi connectivity index (χ0n) is 20.0. The number of nitrogens with zero attached hydrogens (tertiary/aromatic N) is 5. The van der Waals surface area contributed by atoms with E-state index in [1.807, 2.05) is 30.3 Å². The Morgan fingerprint density at radius 1 is 1.00 bits per heavy atom. The molecule has 0 amide bonds.